The number of rotatable bonds is 7. The maximum absolute atomic E-state index is 12.4. The summed E-state index contributed by atoms with van der Waals surface area (Å²) in [5, 5.41) is 8.64. The zero-order chi connectivity index (χ0) is 21.9. The van der Waals surface area contributed by atoms with Crippen LogP contribution in [0.25, 0.3) is 0 Å². The first-order chi connectivity index (χ1) is 14.2. The summed E-state index contributed by atoms with van der Waals surface area (Å²) < 4.78 is 32.2. The standard InChI is InChI=1S/C20H20Cl2N4O3S/c1-13-8-14(2)26(24-13)12-16-9-15(4-7-19(16)29-3)11-23-25-30(27,28)20-10-17(21)5-6-18(20)22/h4-11,25H,12H2,1-3H3/b23-11+. The fourth-order valence-electron chi connectivity index (χ4n) is 2.90. The van der Waals surface area contributed by atoms with E-state index in [0.29, 0.717) is 17.9 Å². The second-order valence-electron chi connectivity index (χ2n) is 6.58. The average molecular weight is 467 g/mol. The van der Waals surface area contributed by atoms with Crippen molar-refractivity contribution in [2.45, 2.75) is 25.3 Å². The summed E-state index contributed by atoms with van der Waals surface area (Å²) in [6.07, 6.45) is 1.40. The van der Waals surface area contributed by atoms with Gasteiger partial charge in [0.1, 0.15) is 10.6 Å². The van der Waals surface area contributed by atoms with Gasteiger partial charge in [0.05, 0.1) is 30.6 Å². The molecule has 158 valence electrons. The lowest BCUT2D eigenvalue weighted by molar-refractivity contribution is 0.407. The molecule has 1 N–H and O–H groups in total. The number of nitrogens with zero attached hydrogens (tertiary/aromatic N) is 3. The van der Waals surface area contributed by atoms with Crippen molar-refractivity contribution in [3.05, 3.63) is 75.0 Å². The van der Waals surface area contributed by atoms with Gasteiger partial charge in [-0.3, -0.25) is 4.68 Å². The first-order valence-corrected chi connectivity index (χ1v) is 11.1. The molecule has 1 heterocycles. The molecule has 3 aromatic rings. The largest absolute Gasteiger partial charge is 0.496 e. The van der Waals surface area contributed by atoms with E-state index in [4.69, 9.17) is 27.9 Å². The maximum atomic E-state index is 12.4. The molecular weight excluding hydrogens is 447 g/mol. The van der Waals surface area contributed by atoms with Gasteiger partial charge in [-0.15, -0.1) is 0 Å². The first-order valence-electron chi connectivity index (χ1n) is 8.87. The fourth-order valence-corrected chi connectivity index (χ4v) is 4.46. The van der Waals surface area contributed by atoms with Crippen LogP contribution in [-0.4, -0.2) is 31.5 Å². The summed E-state index contributed by atoms with van der Waals surface area (Å²) in [6, 6.07) is 11.6. The van der Waals surface area contributed by atoms with Gasteiger partial charge in [0, 0.05) is 16.3 Å². The normalized spacial score (nSPS) is 11.8. The van der Waals surface area contributed by atoms with Gasteiger partial charge in [0.25, 0.3) is 10.0 Å². The number of ether oxygens (including phenoxy) is 1. The summed E-state index contributed by atoms with van der Waals surface area (Å²) in [5.74, 6) is 0.700. The van der Waals surface area contributed by atoms with Crippen molar-refractivity contribution < 1.29 is 13.2 Å². The van der Waals surface area contributed by atoms with Gasteiger partial charge < -0.3 is 4.74 Å². The zero-order valence-electron chi connectivity index (χ0n) is 16.6. The van der Waals surface area contributed by atoms with E-state index in [1.807, 2.05) is 30.7 Å². The molecular formula is C20H20Cl2N4O3S. The minimum absolute atomic E-state index is 0.0544. The number of aryl methyl sites for hydroxylation is 2. The summed E-state index contributed by atoms with van der Waals surface area (Å²) in [4.78, 5) is 2.01. The maximum Gasteiger partial charge on any atom is 0.278 e. The number of methoxy groups -OCH3 is 1. The van der Waals surface area contributed by atoms with Crippen molar-refractivity contribution in [2.24, 2.45) is 5.10 Å². The minimum Gasteiger partial charge on any atom is -0.496 e. The second-order valence-corrected chi connectivity index (χ2v) is 9.06. The number of halogens is 2. The highest BCUT2D eigenvalue weighted by Gasteiger charge is 2.17. The molecule has 1 aromatic heterocycles. The molecule has 3 rings (SSSR count). The molecule has 0 radical (unpaired) electrons. The van der Waals surface area contributed by atoms with E-state index in [-0.39, 0.29) is 14.9 Å². The van der Waals surface area contributed by atoms with Crippen LogP contribution in [0.15, 0.2) is 52.5 Å². The van der Waals surface area contributed by atoms with E-state index < -0.39 is 10.0 Å². The van der Waals surface area contributed by atoms with Gasteiger partial charge in [0.15, 0.2) is 0 Å². The van der Waals surface area contributed by atoms with E-state index in [9.17, 15) is 8.42 Å². The number of hydrogen-bond donors (Lipinski definition) is 1. The lowest BCUT2D eigenvalue weighted by Crippen LogP contribution is -2.18. The van der Waals surface area contributed by atoms with E-state index in [1.165, 1.54) is 24.4 Å². The molecule has 10 heteroatoms. The van der Waals surface area contributed by atoms with Crippen molar-refractivity contribution >= 4 is 39.4 Å². The smallest absolute Gasteiger partial charge is 0.278 e. The molecule has 0 fully saturated rings. The van der Waals surface area contributed by atoms with E-state index in [2.05, 4.69) is 15.0 Å². The third kappa shape index (κ3) is 5.13. The van der Waals surface area contributed by atoms with Crippen LogP contribution >= 0.6 is 23.2 Å². The Balaban J connectivity index is 1.82. The average Bonchev–Trinajstić information content (AvgIpc) is 3.00. The van der Waals surface area contributed by atoms with Crippen LogP contribution in [0.4, 0.5) is 0 Å². The molecule has 0 aliphatic heterocycles. The predicted molar refractivity (Wildman–Crippen MR) is 118 cm³/mol. The highest BCUT2D eigenvalue weighted by molar-refractivity contribution is 7.89. The Labute approximate surface area is 185 Å². The van der Waals surface area contributed by atoms with Crippen LogP contribution in [0.1, 0.15) is 22.5 Å². The third-order valence-corrected chi connectivity index (χ3v) is 6.24. The molecule has 0 saturated carbocycles. The SMILES string of the molecule is COc1ccc(/C=N/NS(=O)(=O)c2cc(Cl)ccc2Cl)cc1Cn1nc(C)cc1C. The fraction of sp³-hybridized carbons (Fsp3) is 0.200. The summed E-state index contributed by atoms with van der Waals surface area (Å²) in [7, 11) is -2.37. The van der Waals surface area contributed by atoms with Crippen LogP contribution in [-0.2, 0) is 16.6 Å². The van der Waals surface area contributed by atoms with Gasteiger partial charge in [0.2, 0.25) is 0 Å². The van der Waals surface area contributed by atoms with Gasteiger partial charge in [-0.05, 0) is 61.9 Å². The van der Waals surface area contributed by atoms with E-state index in [0.717, 1.165) is 17.0 Å². The first kappa shape index (κ1) is 22.1. The van der Waals surface area contributed by atoms with Crippen LogP contribution in [0.2, 0.25) is 10.0 Å². The summed E-state index contributed by atoms with van der Waals surface area (Å²) >= 11 is 11.8. The predicted octanol–water partition coefficient (Wildman–Crippen LogP) is 4.18. The second kappa shape index (κ2) is 9.07. The summed E-state index contributed by atoms with van der Waals surface area (Å²) in [5.41, 5.74) is 3.53. The lowest BCUT2D eigenvalue weighted by Gasteiger charge is -2.11. The Morgan fingerprint density at radius 2 is 1.93 bits per heavy atom. The lowest BCUT2D eigenvalue weighted by atomic mass is 10.1. The Bertz CT molecular complexity index is 1210. The van der Waals surface area contributed by atoms with Crippen molar-refractivity contribution in [1.82, 2.24) is 14.6 Å². The third-order valence-electron chi connectivity index (χ3n) is 4.30. The Kier molecular flexibility index (Phi) is 6.70. The molecule has 0 aliphatic rings. The molecule has 0 amide bonds. The number of sulfonamides is 1. The van der Waals surface area contributed by atoms with E-state index >= 15 is 0 Å². The van der Waals surface area contributed by atoms with Crippen LogP contribution in [0.5, 0.6) is 5.75 Å². The van der Waals surface area contributed by atoms with Gasteiger partial charge >= 0.3 is 0 Å². The van der Waals surface area contributed by atoms with Crippen molar-refractivity contribution in [3.8, 4) is 5.75 Å². The molecule has 0 aliphatic carbocycles. The van der Waals surface area contributed by atoms with Crippen molar-refractivity contribution in [1.29, 1.82) is 0 Å². The zero-order valence-corrected chi connectivity index (χ0v) is 18.9. The van der Waals surface area contributed by atoms with Crippen LogP contribution in [0.3, 0.4) is 0 Å². The molecule has 0 bridgehead atoms. The number of benzene rings is 2. The molecule has 2 aromatic carbocycles. The topological polar surface area (TPSA) is 85.6 Å². The monoisotopic (exact) mass is 466 g/mol. The molecule has 30 heavy (non-hydrogen) atoms. The number of nitrogens with one attached hydrogen (secondary N) is 1. The summed E-state index contributed by atoms with van der Waals surface area (Å²) in [6.45, 7) is 4.42. The quantitative estimate of drug-likeness (QED) is 0.418. The highest BCUT2D eigenvalue weighted by Crippen LogP contribution is 2.25. The van der Waals surface area contributed by atoms with Gasteiger partial charge in [-0.25, -0.2) is 4.83 Å². The van der Waals surface area contributed by atoms with Crippen molar-refractivity contribution in [3.63, 3.8) is 0 Å². The molecule has 0 saturated heterocycles. The number of hydrazone groups is 1. The van der Waals surface area contributed by atoms with Gasteiger partial charge in [-0.1, -0.05) is 23.2 Å². The molecule has 7 nitrogen and oxygen atoms in total. The van der Waals surface area contributed by atoms with Gasteiger partial charge in [-0.2, -0.15) is 18.6 Å². The minimum atomic E-state index is -3.96. The van der Waals surface area contributed by atoms with Crippen LogP contribution in [0, 0.1) is 13.8 Å². The van der Waals surface area contributed by atoms with Crippen molar-refractivity contribution in [2.75, 3.05) is 7.11 Å². The molecule has 0 spiro atoms. The Morgan fingerprint density at radius 1 is 1.17 bits per heavy atom. The molecule has 0 unspecified atom stereocenters. The Hall–Kier alpha value is -2.55. The molecule has 0 atom stereocenters. The highest BCUT2D eigenvalue weighted by atomic mass is 35.5. The van der Waals surface area contributed by atoms with Crippen LogP contribution < -0.4 is 9.57 Å². The van der Waals surface area contributed by atoms with E-state index in [1.54, 1.807) is 19.2 Å². The number of aromatic nitrogens is 2. The Morgan fingerprint density at radius 3 is 2.60 bits per heavy atom. The number of hydrogen-bond acceptors (Lipinski definition) is 5.